The van der Waals surface area contributed by atoms with Gasteiger partial charge in [0.2, 0.25) is 0 Å². The van der Waals surface area contributed by atoms with Gasteiger partial charge in [-0.05, 0) is 39.0 Å². The van der Waals surface area contributed by atoms with Crippen LogP contribution in [0.5, 0.6) is 0 Å². The Bertz CT molecular complexity index is 601. The van der Waals surface area contributed by atoms with E-state index in [-0.39, 0.29) is 53.2 Å². The van der Waals surface area contributed by atoms with E-state index in [1.54, 1.807) is 0 Å². The molecule has 5 fully saturated rings. The molecule has 3 saturated heterocycles. The molecule has 0 aromatic rings. The number of carbonyl (C=O) groups is 1. The summed E-state index contributed by atoms with van der Waals surface area (Å²) in [6, 6.07) is 0. The van der Waals surface area contributed by atoms with Gasteiger partial charge in [-0.2, -0.15) is 0 Å². The lowest BCUT2D eigenvalue weighted by atomic mass is 9.53. The molecular weight excluding hydrogens is 330 g/mol. The molecule has 0 aromatic heterocycles. The van der Waals surface area contributed by atoms with Crippen molar-refractivity contribution in [2.24, 2.45) is 23.2 Å². The van der Waals surface area contributed by atoms with Crippen LogP contribution in [0.25, 0.3) is 0 Å². The molecule has 2 saturated carbocycles. The number of ether oxygens (including phenoxy) is 3. The van der Waals surface area contributed by atoms with Gasteiger partial charge in [0, 0.05) is 31.0 Å². The van der Waals surface area contributed by atoms with Crippen molar-refractivity contribution in [3.8, 4) is 0 Å². The van der Waals surface area contributed by atoms with E-state index in [0.29, 0.717) is 5.92 Å². The maximum atomic E-state index is 12.8. The number of hydrogen-bond donors (Lipinski definition) is 0. The van der Waals surface area contributed by atoms with Gasteiger partial charge in [0.05, 0.1) is 24.2 Å². The Morgan fingerprint density at radius 2 is 1.92 bits per heavy atom. The van der Waals surface area contributed by atoms with Crippen molar-refractivity contribution in [1.82, 2.24) is 4.90 Å². The quantitative estimate of drug-likeness (QED) is 0.558. The highest BCUT2D eigenvalue weighted by Gasteiger charge is 2.78. The van der Waals surface area contributed by atoms with Crippen LogP contribution < -0.4 is 0 Å². The summed E-state index contributed by atoms with van der Waals surface area (Å²) in [4.78, 5) is 15.2. The lowest BCUT2D eigenvalue weighted by molar-refractivity contribution is -0.147. The molecular formula is C21H33NO4. The molecule has 5 nitrogen and oxygen atoms in total. The van der Waals surface area contributed by atoms with Crippen molar-refractivity contribution < 1.29 is 19.0 Å². The van der Waals surface area contributed by atoms with Gasteiger partial charge in [0.15, 0.2) is 0 Å². The van der Waals surface area contributed by atoms with Crippen LogP contribution >= 0.6 is 0 Å². The van der Waals surface area contributed by atoms with Gasteiger partial charge in [0.1, 0.15) is 11.7 Å². The fourth-order valence-electron chi connectivity index (χ4n) is 7.15. The summed E-state index contributed by atoms with van der Waals surface area (Å²) in [6.07, 6.45) is 5.43. The molecule has 2 aliphatic carbocycles. The lowest BCUT2D eigenvalue weighted by Gasteiger charge is -2.49. The van der Waals surface area contributed by atoms with Crippen LogP contribution in [0, 0.1) is 23.2 Å². The summed E-state index contributed by atoms with van der Waals surface area (Å²) in [6.45, 7) is 11.6. The second-order valence-corrected chi connectivity index (χ2v) is 10.0. The average molecular weight is 363 g/mol. The normalized spacial score (nSPS) is 56.3. The highest BCUT2D eigenvalue weighted by Crippen LogP contribution is 2.70. The average Bonchev–Trinajstić information content (AvgIpc) is 3.22. The first-order valence-electron chi connectivity index (χ1n) is 10.6. The van der Waals surface area contributed by atoms with E-state index in [4.69, 9.17) is 14.2 Å². The van der Waals surface area contributed by atoms with Crippen molar-refractivity contribution in [2.75, 3.05) is 19.6 Å². The molecule has 0 bridgehead atoms. The van der Waals surface area contributed by atoms with Gasteiger partial charge in [-0.25, -0.2) is 0 Å². The van der Waals surface area contributed by atoms with Crippen LogP contribution in [0.2, 0.25) is 0 Å². The van der Waals surface area contributed by atoms with E-state index in [1.165, 1.54) is 19.3 Å². The molecule has 3 aliphatic heterocycles. The van der Waals surface area contributed by atoms with Gasteiger partial charge in [-0.1, -0.05) is 20.3 Å². The monoisotopic (exact) mass is 363 g/mol. The van der Waals surface area contributed by atoms with Crippen LogP contribution in [0.3, 0.4) is 0 Å². The van der Waals surface area contributed by atoms with Crippen LogP contribution in [0.1, 0.15) is 53.4 Å². The summed E-state index contributed by atoms with van der Waals surface area (Å²) < 4.78 is 18.3. The highest BCUT2D eigenvalue weighted by atomic mass is 16.6. The van der Waals surface area contributed by atoms with Crippen LogP contribution in [-0.4, -0.2) is 60.5 Å². The number of fused-ring (bicyclic) bond motifs is 2. The number of rotatable bonds is 2. The molecule has 26 heavy (non-hydrogen) atoms. The van der Waals surface area contributed by atoms with Gasteiger partial charge < -0.3 is 14.2 Å². The van der Waals surface area contributed by atoms with E-state index in [0.717, 1.165) is 26.1 Å². The van der Waals surface area contributed by atoms with Crippen LogP contribution in [0.4, 0.5) is 0 Å². The maximum absolute atomic E-state index is 12.8. The standard InChI is InChI=1S/C21H33NO4/c1-12-6-5-7-20(4)8-16-17(18-21(12,20)26-18)15(19(23)25-16)11-22-9-13(2)24-14(3)10-22/h12-18H,5-11H2,1-4H3/t12-,13-,14-,15+,16+,17+,18-,20+,21-/m0/s1. The van der Waals surface area contributed by atoms with Crippen LogP contribution in [-0.2, 0) is 19.0 Å². The van der Waals surface area contributed by atoms with E-state index >= 15 is 0 Å². The highest BCUT2D eigenvalue weighted by molar-refractivity contribution is 5.76. The zero-order valence-electron chi connectivity index (χ0n) is 16.6. The molecule has 0 amide bonds. The Balaban J connectivity index is 1.38. The minimum absolute atomic E-state index is 0.00421. The molecule has 9 atom stereocenters. The Labute approximate surface area is 156 Å². The number of carbonyl (C=O) groups excluding carboxylic acids is 1. The molecule has 5 rings (SSSR count). The van der Waals surface area contributed by atoms with Gasteiger partial charge >= 0.3 is 5.97 Å². The van der Waals surface area contributed by atoms with E-state index in [2.05, 4.69) is 32.6 Å². The van der Waals surface area contributed by atoms with Crippen molar-refractivity contribution in [2.45, 2.75) is 83.4 Å². The maximum Gasteiger partial charge on any atom is 0.311 e. The SMILES string of the molecule is C[C@H]1CN(C[C@H]2C(=O)O[C@@H]3C[C@@]4(C)CCC[C@H](C)[C@@]45O[C@H]5[C@@H]32)C[C@H](C)O1. The minimum atomic E-state index is -0.0412. The molecule has 0 N–H and O–H groups in total. The summed E-state index contributed by atoms with van der Waals surface area (Å²) in [5.41, 5.74) is 0.178. The molecule has 5 heteroatoms. The van der Waals surface area contributed by atoms with Gasteiger partial charge in [0.25, 0.3) is 0 Å². The van der Waals surface area contributed by atoms with Crippen molar-refractivity contribution >= 4 is 5.97 Å². The molecule has 5 aliphatic rings. The topological polar surface area (TPSA) is 51.3 Å². The number of epoxide rings is 1. The fraction of sp³-hybridized carbons (Fsp3) is 0.952. The Kier molecular flexibility index (Phi) is 3.81. The molecule has 3 heterocycles. The summed E-state index contributed by atoms with van der Waals surface area (Å²) >= 11 is 0. The Morgan fingerprint density at radius 3 is 2.65 bits per heavy atom. The van der Waals surface area contributed by atoms with Crippen molar-refractivity contribution in [3.63, 3.8) is 0 Å². The van der Waals surface area contributed by atoms with E-state index < -0.39 is 0 Å². The number of morpholine rings is 1. The molecule has 146 valence electrons. The first kappa shape index (κ1) is 17.4. The third-order valence-corrected chi connectivity index (χ3v) is 8.14. The summed E-state index contributed by atoms with van der Waals surface area (Å²) in [5.74, 6) is 0.796. The zero-order valence-corrected chi connectivity index (χ0v) is 16.6. The molecule has 1 spiro atoms. The zero-order chi connectivity index (χ0) is 18.3. The lowest BCUT2D eigenvalue weighted by Crippen LogP contribution is -2.55. The van der Waals surface area contributed by atoms with E-state index in [1.807, 2.05) is 0 Å². The summed E-state index contributed by atoms with van der Waals surface area (Å²) in [7, 11) is 0. The second-order valence-electron chi connectivity index (χ2n) is 10.0. The predicted octanol–water partition coefficient (Wildman–Crippen LogP) is 2.62. The number of nitrogens with zero attached hydrogens (tertiary/aromatic N) is 1. The van der Waals surface area contributed by atoms with Gasteiger partial charge in [-0.15, -0.1) is 0 Å². The smallest absolute Gasteiger partial charge is 0.311 e. The first-order chi connectivity index (χ1) is 12.3. The second kappa shape index (κ2) is 5.68. The van der Waals surface area contributed by atoms with Crippen LogP contribution in [0.15, 0.2) is 0 Å². The fourth-order valence-corrected chi connectivity index (χ4v) is 7.15. The predicted molar refractivity (Wildman–Crippen MR) is 96.7 cm³/mol. The van der Waals surface area contributed by atoms with Crippen molar-refractivity contribution in [1.29, 1.82) is 0 Å². The van der Waals surface area contributed by atoms with Crippen molar-refractivity contribution in [3.05, 3.63) is 0 Å². The van der Waals surface area contributed by atoms with E-state index in [9.17, 15) is 4.79 Å². The number of esters is 1. The minimum Gasteiger partial charge on any atom is -0.462 e. The third kappa shape index (κ3) is 2.29. The third-order valence-electron chi connectivity index (χ3n) is 8.14. The Morgan fingerprint density at radius 1 is 1.19 bits per heavy atom. The first-order valence-corrected chi connectivity index (χ1v) is 10.6. The Hall–Kier alpha value is -0.650. The molecule has 0 unspecified atom stereocenters. The number of hydrogen-bond acceptors (Lipinski definition) is 5. The molecule has 0 aromatic carbocycles. The van der Waals surface area contributed by atoms with Gasteiger partial charge in [-0.3, -0.25) is 9.69 Å². The summed E-state index contributed by atoms with van der Waals surface area (Å²) in [5, 5.41) is 0. The molecule has 0 radical (unpaired) electrons. The largest absolute Gasteiger partial charge is 0.462 e.